The third-order valence-corrected chi connectivity index (χ3v) is 2.17. The van der Waals surface area contributed by atoms with Crippen LogP contribution in [0.25, 0.3) is 11.0 Å². The van der Waals surface area contributed by atoms with Gasteiger partial charge in [0.05, 0.1) is 16.5 Å². The van der Waals surface area contributed by atoms with Crippen LogP contribution in [-0.2, 0) is 0 Å². The molecule has 1 heterocycles. The van der Waals surface area contributed by atoms with E-state index in [2.05, 4.69) is 0 Å². The molecule has 5 nitrogen and oxygen atoms in total. The van der Waals surface area contributed by atoms with Crippen molar-refractivity contribution in [2.75, 3.05) is 0 Å². The molecule has 1 aromatic carbocycles. The molecule has 16 heavy (non-hydrogen) atoms. The Hall–Kier alpha value is -2.43. The van der Waals surface area contributed by atoms with Crippen molar-refractivity contribution < 1.29 is 19.1 Å². The lowest BCUT2D eigenvalue weighted by Crippen LogP contribution is -2.08. The van der Waals surface area contributed by atoms with Gasteiger partial charge in [-0.25, -0.2) is 4.79 Å². The van der Waals surface area contributed by atoms with E-state index in [4.69, 9.17) is 9.52 Å². The van der Waals surface area contributed by atoms with E-state index < -0.39 is 11.4 Å². The molecule has 0 aliphatic rings. The highest BCUT2D eigenvalue weighted by Gasteiger charge is 2.09. The minimum absolute atomic E-state index is 0.0251. The summed E-state index contributed by atoms with van der Waals surface area (Å²) < 4.78 is 5.03. The van der Waals surface area contributed by atoms with Gasteiger partial charge in [-0.2, -0.15) is 0 Å². The van der Waals surface area contributed by atoms with Crippen molar-refractivity contribution in [2.45, 2.75) is 0 Å². The van der Waals surface area contributed by atoms with Crippen molar-refractivity contribution in [3.05, 3.63) is 45.8 Å². The molecule has 1 aromatic heterocycles. The van der Waals surface area contributed by atoms with Gasteiger partial charge in [-0.15, -0.1) is 0 Å². The van der Waals surface area contributed by atoms with Crippen molar-refractivity contribution in [2.24, 2.45) is 0 Å². The van der Waals surface area contributed by atoms with Gasteiger partial charge in [0.1, 0.15) is 11.8 Å². The van der Waals surface area contributed by atoms with Gasteiger partial charge < -0.3 is 9.52 Å². The largest absolute Gasteiger partial charge is 0.478 e. The Bertz CT molecular complexity index is 638. The van der Waals surface area contributed by atoms with E-state index in [-0.39, 0.29) is 22.1 Å². The maximum Gasteiger partial charge on any atom is 0.335 e. The summed E-state index contributed by atoms with van der Waals surface area (Å²) in [6.07, 6.45) is 1.43. The van der Waals surface area contributed by atoms with Crippen LogP contribution in [0.5, 0.6) is 0 Å². The number of rotatable bonds is 2. The molecule has 0 fully saturated rings. The van der Waals surface area contributed by atoms with Crippen LogP contribution >= 0.6 is 0 Å². The van der Waals surface area contributed by atoms with Gasteiger partial charge in [0.2, 0.25) is 5.43 Å². The molecular weight excluding hydrogens is 212 g/mol. The van der Waals surface area contributed by atoms with Gasteiger partial charge in [0, 0.05) is 0 Å². The Balaban J connectivity index is 2.84. The van der Waals surface area contributed by atoms with Gasteiger partial charge in [-0.3, -0.25) is 9.59 Å². The van der Waals surface area contributed by atoms with Gasteiger partial charge >= 0.3 is 5.97 Å². The number of aromatic carboxylic acids is 1. The lowest BCUT2D eigenvalue weighted by atomic mass is 10.1. The molecule has 0 aliphatic carbocycles. The molecule has 0 saturated carbocycles. The summed E-state index contributed by atoms with van der Waals surface area (Å²) in [6.45, 7) is 0. The normalized spacial score (nSPS) is 10.2. The number of carbonyl (C=O) groups is 2. The van der Waals surface area contributed by atoms with Crippen LogP contribution in [0.2, 0.25) is 0 Å². The molecular formula is C11H6O5. The van der Waals surface area contributed by atoms with E-state index in [1.807, 2.05) is 0 Å². The summed E-state index contributed by atoms with van der Waals surface area (Å²) in [5, 5.41) is 8.85. The lowest BCUT2D eigenvalue weighted by Gasteiger charge is -1.98. The molecule has 0 unspecified atom stereocenters. The minimum atomic E-state index is -1.14. The fraction of sp³-hybridized carbons (Fsp3) is 0. The molecule has 2 rings (SSSR count). The van der Waals surface area contributed by atoms with Crippen molar-refractivity contribution in [1.82, 2.24) is 0 Å². The molecule has 80 valence electrons. The van der Waals surface area contributed by atoms with Crippen LogP contribution in [0.4, 0.5) is 0 Å². The summed E-state index contributed by atoms with van der Waals surface area (Å²) in [5.41, 5.74) is -0.433. The van der Waals surface area contributed by atoms with Gasteiger partial charge in [-0.1, -0.05) is 0 Å². The highest BCUT2D eigenvalue weighted by atomic mass is 16.4. The van der Waals surface area contributed by atoms with E-state index in [1.54, 1.807) is 0 Å². The average Bonchev–Trinajstić information content (AvgIpc) is 2.29. The van der Waals surface area contributed by atoms with E-state index in [0.29, 0.717) is 6.29 Å². The molecule has 2 aromatic rings. The van der Waals surface area contributed by atoms with Crippen LogP contribution in [0, 0.1) is 0 Å². The molecule has 0 aliphatic heterocycles. The van der Waals surface area contributed by atoms with Gasteiger partial charge in [0.15, 0.2) is 6.29 Å². The summed E-state index contributed by atoms with van der Waals surface area (Å²) >= 11 is 0. The predicted molar refractivity (Wildman–Crippen MR) is 54.8 cm³/mol. The maximum absolute atomic E-state index is 11.7. The van der Waals surface area contributed by atoms with Crippen molar-refractivity contribution in [3.63, 3.8) is 0 Å². The molecule has 0 bridgehead atoms. The molecule has 0 amide bonds. The zero-order chi connectivity index (χ0) is 11.7. The third-order valence-electron chi connectivity index (χ3n) is 2.17. The van der Waals surface area contributed by atoms with E-state index >= 15 is 0 Å². The molecule has 5 heteroatoms. The number of hydrogen-bond donors (Lipinski definition) is 1. The first-order valence-electron chi connectivity index (χ1n) is 4.37. The number of fused-ring (bicyclic) bond motifs is 1. The molecule has 0 spiro atoms. The van der Waals surface area contributed by atoms with E-state index in [1.165, 1.54) is 18.2 Å². The van der Waals surface area contributed by atoms with Crippen LogP contribution in [0.1, 0.15) is 20.7 Å². The summed E-state index contributed by atoms with van der Waals surface area (Å²) in [7, 11) is 0. The number of aldehydes is 1. The molecule has 0 atom stereocenters. The highest BCUT2D eigenvalue weighted by molar-refractivity contribution is 5.93. The van der Waals surface area contributed by atoms with Crippen molar-refractivity contribution in [3.8, 4) is 0 Å². The van der Waals surface area contributed by atoms with Gasteiger partial charge in [0.25, 0.3) is 0 Å². The highest BCUT2D eigenvalue weighted by Crippen LogP contribution is 2.13. The second-order valence-electron chi connectivity index (χ2n) is 3.15. The van der Waals surface area contributed by atoms with Gasteiger partial charge in [-0.05, 0) is 18.2 Å². The fourth-order valence-electron chi connectivity index (χ4n) is 1.36. The minimum Gasteiger partial charge on any atom is -0.478 e. The third kappa shape index (κ3) is 1.48. The Morgan fingerprint density at radius 2 is 2.12 bits per heavy atom. The number of carboxylic acid groups (broad SMARTS) is 1. The second kappa shape index (κ2) is 3.62. The first kappa shape index (κ1) is 10.1. The van der Waals surface area contributed by atoms with Crippen molar-refractivity contribution >= 4 is 23.2 Å². The summed E-state index contributed by atoms with van der Waals surface area (Å²) in [6, 6.07) is 3.90. The summed E-state index contributed by atoms with van der Waals surface area (Å²) in [5.74, 6) is -1.14. The SMILES string of the molecule is O=Cc1coc2ccc(C(=O)O)cc2c1=O. The van der Waals surface area contributed by atoms with Crippen LogP contribution in [-0.4, -0.2) is 17.4 Å². The number of benzene rings is 1. The van der Waals surface area contributed by atoms with Crippen LogP contribution in [0.15, 0.2) is 33.7 Å². The van der Waals surface area contributed by atoms with Crippen LogP contribution in [0.3, 0.4) is 0 Å². The Kier molecular flexibility index (Phi) is 2.28. The smallest absolute Gasteiger partial charge is 0.335 e. The quantitative estimate of drug-likeness (QED) is 0.768. The molecule has 1 N–H and O–H groups in total. The second-order valence-corrected chi connectivity index (χ2v) is 3.15. The monoisotopic (exact) mass is 218 g/mol. The zero-order valence-electron chi connectivity index (χ0n) is 7.97. The topological polar surface area (TPSA) is 84.6 Å². The number of hydrogen-bond acceptors (Lipinski definition) is 4. The summed E-state index contributed by atoms with van der Waals surface area (Å²) in [4.78, 5) is 32.9. The molecule has 0 saturated heterocycles. The van der Waals surface area contributed by atoms with Crippen molar-refractivity contribution in [1.29, 1.82) is 0 Å². The first-order chi connectivity index (χ1) is 7.63. The number of carboxylic acids is 1. The standard InChI is InChI=1S/C11H6O5/c12-4-7-5-16-9-2-1-6(11(14)15)3-8(9)10(7)13/h1-5H,(H,14,15). The Morgan fingerprint density at radius 3 is 2.75 bits per heavy atom. The maximum atomic E-state index is 11.7. The predicted octanol–water partition coefficient (Wildman–Crippen LogP) is 1.30. The first-order valence-corrected chi connectivity index (χ1v) is 4.37. The lowest BCUT2D eigenvalue weighted by molar-refractivity contribution is 0.0697. The van der Waals surface area contributed by atoms with E-state index in [9.17, 15) is 14.4 Å². The Labute approximate surface area is 88.9 Å². The average molecular weight is 218 g/mol. The van der Waals surface area contributed by atoms with Crippen LogP contribution < -0.4 is 5.43 Å². The fourth-order valence-corrected chi connectivity index (χ4v) is 1.36. The number of carbonyl (C=O) groups excluding carboxylic acids is 1. The zero-order valence-corrected chi connectivity index (χ0v) is 7.97. The Morgan fingerprint density at radius 1 is 1.38 bits per heavy atom. The van der Waals surface area contributed by atoms with E-state index in [0.717, 1.165) is 6.26 Å². The molecule has 0 radical (unpaired) electrons.